The Kier molecular flexibility index (Phi) is 2.55. The Morgan fingerprint density at radius 2 is 1.95 bits per heavy atom. The molecule has 2 aromatic rings. The third-order valence-electron chi connectivity index (χ3n) is 3.51. The van der Waals surface area contributed by atoms with Gasteiger partial charge in [0, 0.05) is 23.6 Å². The van der Waals surface area contributed by atoms with Crippen molar-refractivity contribution in [3.8, 4) is 0 Å². The number of hydrogen-bond donors (Lipinski definition) is 2. The van der Waals surface area contributed by atoms with Crippen molar-refractivity contribution in [2.24, 2.45) is 5.92 Å². The molecule has 0 bridgehead atoms. The second kappa shape index (κ2) is 4.12. The van der Waals surface area contributed by atoms with Gasteiger partial charge in [0.05, 0.1) is 11.1 Å². The maximum atomic E-state index is 11.2. The lowest BCUT2D eigenvalue weighted by Crippen LogP contribution is -2.00. The summed E-state index contributed by atoms with van der Waals surface area (Å²) in [4.78, 5) is 22.2. The number of hydrogen-bond acceptors (Lipinski definition) is 2. The topological polar surface area (TPSA) is 79.5 Å². The van der Waals surface area contributed by atoms with Gasteiger partial charge in [0.25, 0.3) is 0 Å². The molecule has 1 aliphatic carbocycles. The molecule has 3 rings (SSSR count). The van der Waals surface area contributed by atoms with Crippen molar-refractivity contribution in [3.05, 3.63) is 35.5 Å². The highest BCUT2D eigenvalue weighted by Crippen LogP contribution is 2.33. The lowest BCUT2D eigenvalue weighted by Gasteiger charge is -2.04. The molecule has 1 aromatic carbocycles. The van der Waals surface area contributed by atoms with Crippen LogP contribution in [0.15, 0.2) is 24.4 Å². The third-order valence-corrected chi connectivity index (χ3v) is 3.51. The van der Waals surface area contributed by atoms with Crippen LogP contribution < -0.4 is 0 Å². The molecule has 0 amide bonds. The number of aromatic nitrogens is 1. The van der Waals surface area contributed by atoms with E-state index in [1.54, 1.807) is 18.3 Å². The fraction of sp³-hybridized carbons (Fsp3) is 0.286. The first-order valence-electron chi connectivity index (χ1n) is 6.15. The zero-order valence-electron chi connectivity index (χ0n) is 10.2. The Labute approximate surface area is 109 Å². The monoisotopic (exact) mass is 259 g/mol. The van der Waals surface area contributed by atoms with Gasteiger partial charge < -0.3 is 14.8 Å². The molecule has 0 atom stereocenters. The summed E-state index contributed by atoms with van der Waals surface area (Å²) in [5.74, 6) is -1.40. The molecule has 1 heterocycles. The van der Waals surface area contributed by atoms with Gasteiger partial charge in [-0.05, 0) is 30.9 Å². The number of carboxylic acids is 2. The molecule has 1 saturated carbocycles. The molecule has 98 valence electrons. The van der Waals surface area contributed by atoms with Crippen molar-refractivity contribution in [3.63, 3.8) is 0 Å². The van der Waals surface area contributed by atoms with E-state index in [-0.39, 0.29) is 11.1 Å². The second-order valence-corrected chi connectivity index (χ2v) is 4.98. The van der Waals surface area contributed by atoms with Gasteiger partial charge >= 0.3 is 11.9 Å². The first-order valence-corrected chi connectivity index (χ1v) is 6.15. The average Bonchev–Trinajstić information content (AvgIpc) is 3.10. The summed E-state index contributed by atoms with van der Waals surface area (Å²) in [6.45, 7) is 0.757. The van der Waals surface area contributed by atoms with Crippen molar-refractivity contribution in [2.75, 3.05) is 0 Å². The number of nitrogens with zero attached hydrogens (tertiary/aromatic N) is 1. The Bertz CT molecular complexity index is 682. The smallest absolute Gasteiger partial charge is 0.337 e. The van der Waals surface area contributed by atoms with Crippen LogP contribution >= 0.6 is 0 Å². The summed E-state index contributed by atoms with van der Waals surface area (Å²) < 4.78 is 1.86. The molecule has 0 aliphatic heterocycles. The van der Waals surface area contributed by atoms with Crippen LogP contribution in [0.4, 0.5) is 0 Å². The first-order chi connectivity index (χ1) is 9.06. The molecule has 0 saturated heterocycles. The van der Waals surface area contributed by atoms with Crippen molar-refractivity contribution < 1.29 is 19.8 Å². The van der Waals surface area contributed by atoms with E-state index >= 15 is 0 Å². The SMILES string of the molecule is O=C(O)c1ccc2c(C(=O)O)cn(CC3CC3)c2c1. The number of carbonyl (C=O) groups is 2. The van der Waals surface area contributed by atoms with Crippen molar-refractivity contribution >= 4 is 22.8 Å². The summed E-state index contributed by atoms with van der Waals surface area (Å²) in [6, 6.07) is 4.57. The molecule has 1 aromatic heterocycles. The van der Waals surface area contributed by atoms with Crippen molar-refractivity contribution in [2.45, 2.75) is 19.4 Å². The Morgan fingerprint density at radius 1 is 1.21 bits per heavy atom. The molecule has 19 heavy (non-hydrogen) atoms. The highest BCUT2D eigenvalue weighted by Gasteiger charge is 2.24. The van der Waals surface area contributed by atoms with E-state index < -0.39 is 11.9 Å². The fourth-order valence-electron chi connectivity index (χ4n) is 2.33. The first kappa shape index (κ1) is 11.8. The molecule has 1 fully saturated rings. The van der Waals surface area contributed by atoms with Crippen LogP contribution in [0.1, 0.15) is 33.6 Å². The largest absolute Gasteiger partial charge is 0.478 e. The maximum Gasteiger partial charge on any atom is 0.337 e. The van der Waals surface area contributed by atoms with Crippen LogP contribution in [0, 0.1) is 5.92 Å². The maximum absolute atomic E-state index is 11.2. The zero-order valence-corrected chi connectivity index (χ0v) is 10.2. The van der Waals surface area contributed by atoms with Crippen LogP contribution in [-0.2, 0) is 6.54 Å². The molecule has 0 spiro atoms. The normalized spacial score (nSPS) is 14.7. The fourth-order valence-corrected chi connectivity index (χ4v) is 2.33. The van der Waals surface area contributed by atoms with Gasteiger partial charge in [-0.15, -0.1) is 0 Å². The Morgan fingerprint density at radius 3 is 2.53 bits per heavy atom. The number of fused-ring (bicyclic) bond motifs is 1. The van der Waals surface area contributed by atoms with E-state index in [2.05, 4.69) is 0 Å². The van der Waals surface area contributed by atoms with Gasteiger partial charge in [0.2, 0.25) is 0 Å². The van der Waals surface area contributed by atoms with Crippen molar-refractivity contribution in [1.82, 2.24) is 4.57 Å². The molecule has 5 heteroatoms. The quantitative estimate of drug-likeness (QED) is 0.883. The van der Waals surface area contributed by atoms with Crippen LogP contribution in [0.2, 0.25) is 0 Å². The van der Waals surface area contributed by atoms with Gasteiger partial charge in [-0.25, -0.2) is 9.59 Å². The van der Waals surface area contributed by atoms with Crippen LogP contribution in [0.3, 0.4) is 0 Å². The van der Waals surface area contributed by atoms with Gasteiger partial charge in [-0.2, -0.15) is 0 Å². The lowest BCUT2D eigenvalue weighted by molar-refractivity contribution is 0.0687. The predicted octanol–water partition coefficient (Wildman–Crippen LogP) is 2.45. The van der Waals surface area contributed by atoms with E-state index in [0.717, 1.165) is 19.4 Å². The van der Waals surface area contributed by atoms with Gasteiger partial charge in [0.1, 0.15) is 0 Å². The molecular weight excluding hydrogens is 246 g/mol. The third kappa shape index (κ3) is 2.07. The summed E-state index contributed by atoms with van der Waals surface area (Å²) in [5.41, 5.74) is 1.09. The predicted molar refractivity (Wildman–Crippen MR) is 68.6 cm³/mol. The summed E-state index contributed by atoms with van der Waals surface area (Å²) in [6.07, 6.45) is 3.92. The van der Waals surface area contributed by atoms with E-state index in [1.165, 1.54) is 6.07 Å². The number of rotatable bonds is 4. The number of benzene rings is 1. The highest BCUT2D eigenvalue weighted by molar-refractivity contribution is 6.05. The van der Waals surface area contributed by atoms with Gasteiger partial charge in [-0.1, -0.05) is 6.07 Å². The summed E-state index contributed by atoms with van der Waals surface area (Å²) >= 11 is 0. The van der Waals surface area contributed by atoms with Crippen LogP contribution in [-0.4, -0.2) is 26.7 Å². The molecule has 0 unspecified atom stereocenters. The average molecular weight is 259 g/mol. The molecule has 5 nitrogen and oxygen atoms in total. The van der Waals surface area contributed by atoms with E-state index in [9.17, 15) is 14.7 Å². The molecular formula is C14H13NO4. The number of aromatic carboxylic acids is 2. The second-order valence-electron chi connectivity index (χ2n) is 4.98. The standard InChI is InChI=1S/C14H13NO4/c16-13(17)9-3-4-10-11(14(18)19)7-15(12(10)5-9)6-8-1-2-8/h3-5,7-8H,1-2,6H2,(H,16,17)(H,18,19). The zero-order chi connectivity index (χ0) is 13.6. The van der Waals surface area contributed by atoms with E-state index in [4.69, 9.17) is 5.11 Å². The summed E-state index contributed by atoms with van der Waals surface area (Å²) in [5, 5.41) is 18.8. The number of carboxylic acid groups (broad SMARTS) is 2. The summed E-state index contributed by atoms with van der Waals surface area (Å²) in [7, 11) is 0. The molecule has 0 radical (unpaired) electrons. The minimum atomic E-state index is -1.00. The van der Waals surface area contributed by atoms with Crippen LogP contribution in [0.25, 0.3) is 10.9 Å². The van der Waals surface area contributed by atoms with Crippen molar-refractivity contribution in [1.29, 1.82) is 0 Å². The van der Waals surface area contributed by atoms with Gasteiger partial charge in [-0.3, -0.25) is 0 Å². The van der Waals surface area contributed by atoms with E-state index in [0.29, 0.717) is 16.8 Å². The Hall–Kier alpha value is -2.30. The minimum Gasteiger partial charge on any atom is -0.478 e. The lowest BCUT2D eigenvalue weighted by atomic mass is 10.1. The highest BCUT2D eigenvalue weighted by atomic mass is 16.4. The molecule has 1 aliphatic rings. The Balaban J connectivity index is 2.18. The van der Waals surface area contributed by atoms with Gasteiger partial charge in [0.15, 0.2) is 0 Å². The molecule has 2 N–H and O–H groups in total. The van der Waals surface area contributed by atoms with E-state index in [1.807, 2.05) is 4.57 Å². The van der Waals surface area contributed by atoms with Crippen LogP contribution in [0.5, 0.6) is 0 Å². The minimum absolute atomic E-state index is 0.180.